The van der Waals surface area contributed by atoms with Crippen LogP contribution in [0, 0.1) is 20.8 Å². The van der Waals surface area contributed by atoms with E-state index in [1.54, 1.807) is 7.11 Å². The zero-order chi connectivity index (χ0) is 19.4. The Morgan fingerprint density at radius 3 is 2.30 bits per heavy atom. The predicted molar refractivity (Wildman–Crippen MR) is 108 cm³/mol. The first kappa shape index (κ1) is 19.1. The molecule has 1 amide bonds. The van der Waals surface area contributed by atoms with E-state index in [4.69, 9.17) is 9.47 Å². The van der Waals surface area contributed by atoms with Gasteiger partial charge < -0.3 is 19.3 Å². The zero-order valence-corrected chi connectivity index (χ0v) is 16.6. The van der Waals surface area contributed by atoms with Crippen molar-refractivity contribution in [2.45, 2.75) is 20.8 Å². The number of para-hydroxylation sites is 2. The highest BCUT2D eigenvalue weighted by atomic mass is 16.5. The number of nitrogens with zero attached hydrogens (tertiary/aromatic N) is 2. The van der Waals surface area contributed by atoms with Crippen LogP contribution in [-0.4, -0.2) is 50.7 Å². The van der Waals surface area contributed by atoms with Crippen LogP contribution in [0.3, 0.4) is 0 Å². The number of rotatable bonds is 5. The Bertz CT molecular complexity index is 811. The number of amides is 1. The SMILES string of the molecule is COc1ccccc1N1CCN(C(=O)COc2cc(C)c(C)cc2C)CC1. The molecule has 0 aromatic heterocycles. The fourth-order valence-corrected chi connectivity index (χ4v) is 3.41. The fraction of sp³-hybridized carbons (Fsp3) is 0.409. The Labute approximate surface area is 161 Å². The molecule has 5 nitrogen and oxygen atoms in total. The van der Waals surface area contributed by atoms with Crippen molar-refractivity contribution < 1.29 is 14.3 Å². The van der Waals surface area contributed by atoms with E-state index < -0.39 is 0 Å². The highest BCUT2D eigenvalue weighted by Gasteiger charge is 2.23. The minimum absolute atomic E-state index is 0.0345. The highest BCUT2D eigenvalue weighted by Crippen LogP contribution is 2.28. The van der Waals surface area contributed by atoms with Gasteiger partial charge >= 0.3 is 0 Å². The number of ether oxygens (including phenoxy) is 2. The van der Waals surface area contributed by atoms with Crippen molar-refractivity contribution in [2.75, 3.05) is 44.8 Å². The predicted octanol–water partition coefficient (Wildman–Crippen LogP) is 3.35. The molecule has 1 fully saturated rings. The summed E-state index contributed by atoms with van der Waals surface area (Å²) in [5.74, 6) is 1.69. The van der Waals surface area contributed by atoms with Gasteiger partial charge in [0.1, 0.15) is 11.5 Å². The van der Waals surface area contributed by atoms with Crippen LogP contribution in [0.1, 0.15) is 16.7 Å². The van der Waals surface area contributed by atoms with Gasteiger partial charge in [-0.25, -0.2) is 0 Å². The topological polar surface area (TPSA) is 42.0 Å². The monoisotopic (exact) mass is 368 g/mol. The van der Waals surface area contributed by atoms with E-state index in [-0.39, 0.29) is 12.5 Å². The van der Waals surface area contributed by atoms with Gasteiger partial charge in [0.15, 0.2) is 6.61 Å². The molecule has 0 aliphatic carbocycles. The molecule has 1 heterocycles. The van der Waals surface area contributed by atoms with Gasteiger partial charge in [0.2, 0.25) is 0 Å². The largest absolute Gasteiger partial charge is 0.495 e. The number of methoxy groups -OCH3 is 1. The van der Waals surface area contributed by atoms with E-state index in [0.717, 1.165) is 35.8 Å². The molecule has 2 aromatic carbocycles. The third-order valence-electron chi connectivity index (χ3n) is 5.20. The molecule has 0 atom stereocenters. The maximum absolute atomic E-state index is 12.6. The summed E-state index contributed by atoms with van der Waals surface area (Å²) in [6.07, 6.45) is 0. The van der Waals surface area contributed by atoms with Gasteiger partial charge in [0.05, 0.1) is 12.8 Å². The first-order valence-electron chi connectivity index (χ1n) is 9.36. The van der Waals surface area contributed by atoms with E-state index in [0.29, 0.717) is 13.1 Å². The summed E-state index contributed by atoms with van der Waals surface area (Å²) in [6.45, 7) is 9.18. The molecule has 0 bridgehead atoms. The molecule has 5 heteroatoms. The lowest BCUT2D eigenvalue weighted by Gasteiger charge is -2.36. The minimum Gasteiger partial charge on any atom is -0.495 e. The maximum Gasteiger partial charge on any atom is 0.260 e. The van der Waals surface area contributed by atoms with Crippen molar-refractivity contribution in [1.82, 2.24) is 4.90 Å². The second-order valence-electron chi connectivity index (χ2n) is 7.03. The van der Waals surface area contributed by atoms with Crippen LogP contribution in [0.2, 0.25) is 0 Å². The second-order valence-corrected chi connectivity index (χ2v) is 7.03. The average Bonchev–Trinajstić information content (AvgIpc) is 2.69. The van der Waals surface area contributed by atoms with Crippen LogP contribution in [0.5, 0.6) is 11.5 Å². The number of benzene rings is 2. The summed E-state index contributed by atoms with van der Waals surface area (Å²) in [4.78, 5) is 16.7. The van der Waals surface area contributed by atoms with Gasteiger partial charge in [-0.05, 0) is 55.7 Å². The van der Waals surface area contributed by atoms with Crippen molar-refractivity contribution >= 4 is 11.6 Å². The molecule has 0 N–H and O–H groups in total. The maximum atomic E-state index is 12.6. The van der Waals surface area contributed by atoms with Crippen LogP contribution in [0.15, 0.2) is 36.4 Å². The number of piperazine rings is 1. The number of aryl methyl sites for hydroxylation is 3. The van der Waals surface area contributed by atoms with E-state index in [1.807, 2.05) is 36.1 Å². The van der Waals surface area contributed by atoms with E-state index in [2.05, 4.69) is 30.9 Å². The van der Waals surface area contributed by atoms with Crippen molar-refractivity contribution in [3.8, 4) is 11.5 Å². The van der Waals surface area contributed by atoms with Crippen LogP contribution < -0.4 is 14.4 Å². The fourth-order valence-electron chi connectivity index (χ4n) is 3.41. The number of hydrogen-bond acceptors (Lipinski definition) is 4. The number of anilines is 1. The van der Waals surface area contributed by atoms with Gasteiger partial charge in [0, 0.05) is 26.2 Å². The Kier molecular flexibility index (Phi) is 5.89. The lowest BCUT2D eigenvalue weighted by molar-refractivity contribution is -0.133. The normalized spacial score (nSPS) is 14.2. The molecule has 1 saturated heterocycles. The van der Waals surface area contributed by atoms with Crippen molar-refractivity contribution in [3.05, 3.63) is 53.1 Å². The summed E-state index contributed by atoms with van der Waals surface area (Å²) < 4.78 is 11.3. The standard InChI is InChI=1S/C22H28N2O3/c1-16-13-18(3)21(14-17(16)2)27-15-22(25)24-11-9-23(10-12-24)19-7-5-6-8-20(19)26-4/h5-8,13-14H,9-12,15H2,1-4H3. The van der Waals surface area contributed by atoms with E-state index in [1.165, 1.54) is 11.1 Å². The van der Waals surface area contributed by atoms with Crippen molar-refractivity contribution in [1.29, 1.82) is 0 Å². The smallest absolute Gasteiger partial charge is 0.260 e. The molecule has 2 aromatic rings. The number of carbonyl (C=O) groups is 1. The number of carbonyl (C=O) groups excluding carboxylic acids is 1. The third kappa shape index (κ3) is 4.35. The van der Waals surface area contributed by atoms with Crippen molar-refractivity contribution in [2.24, 2.45) is 0 Å². The first-order valence-corrected chi connectivity index (χ1v) is 9.36. The van der Waals surface area contributed by atoms with Crippen LogP contribution in [-0.2, 0) is 4.79 Å². The molecule has 0 unspecified atom stereocenters. The minimum atomic E-state index is 0.0345. The Morgan fingerprint density at radius 2 is 1.59 bits per heavy atom. The van der Waals surface area contributed by atoms with Crippen LogP contribution in [0.25, 0.3) is 0 Å². The lowest BCUT2D eigenvalue weighted by Crippen LogP contribution is -2.50. The first-order chi connectivity index (χ1) is 13.0. The molecule has 144 valence electrons. The Balaban J connectivity index is 1.55. The molecule has 0 saturated carbocycles. The van der Waals surface area contributed by atoms with Gasteiger partial charge in [-0.15, -0.1) is 0 Å². The van der Waals surface area contributed by atoms with Gasteiger partial charge in [-0.2, -0.15) is 0 Å². The second kappa shape index (κ2) is 8.33. The molecular weight excluding hydrogens is 340 g/mol. The van der Waals surface area contributed by atoms with Crippen LogP contribution in [0.4, 0.5) is 5.69 Å². The van der Waals surface area contributed by atoms with E-state index >= 15 is 0 Å². The van der Waals surface area contributed by atoms with Crippen LogP contribution >= 0.6 is 0 Å². The third-order valence-corrected chi connectivity index (χ3v) is 5.20. The molecular formula is C22H28N2O3. The Morgan fingerprint density at radius 1 is 0.926 bits per heavy atom. The summed E-state index contributed by atoms with van der Waals surface area (Å²) >= 11 is 0. The summed E-state index contributed by atoms with van der Waals surface area (Å²) in [5, 5.41) is 0. The molecule has 3 rings (SSSR count). The summed E-state index contributed by atoms with van der Waals surface area (Å²) in [6, 6.07) is 12.1. The molecule has 0 spiro atoms. The van der Waals surface area contributed by atoms with E-state index in [9.17, 15) is 4.79 Å². The number of hydrogen-bond donors (Lipinski definition) is 0. The molecule has 1 aliphatic rings. The average molecular weight is 368 g/mol. The van der Waals surface area contributed by atoms with Gasteiger partial charge in [-0.1, -0.05) is 18.2 Å². The van der Waals surface area contributed by atoms with Gasteiger partial charge in [-0.3, -0.25) is 4.79 Å². The summed E-state index contributed by atoms with van der Waals surface area (Å²) in [7, 11) is 1.69. The summed E-state index contributed by atoms with van der Waals surface area (Å²) in [5.41, 5.74) is 4.55. The van der Waals surface area contributed by atoms with Gasteiger partial charge in [0.25, 0.3) is 5.91 Å². The lowest BCUT2D eigenvalue weighted by atomic mass is 10.1. The Hall–Kier alpha value is -2.69. The quantitative estimate of drug-likeness (QED) is 0.812. The molecule has 0 radical (unpaired) electrons. The van der Waals surface area contributed by atoms with Crippen molar-refractivity contribution in [3.63, 3.8) is 0 Å². The highest BCUT2D eigenvalue weighted by molar-refractivity contribution is 5.78. The molecule has 1 aliphatic heterocycles. The molecule has 27 heavy (non-hydrogen) atoms. The zero-order valence-electron chi connectivity index (χ0n) is 16.6.